The molecule has 0 aliphatic carbocycles. The number of methoxy groups -OCH3 is 2. The molecule has 5 nitrogen and oxygen atoms in total. The summed E-state index contributed by atoms with van der Waals surface area (Å²) in [6, 6.07) is 7.70. The highest BCUT2D eigenvalue weighted by Crippen LogP contribution is 2.34. The fourth-order valence-electron chi connectivity index (χ4n) is 2.56. The molecule has 0 spiro atoms. The van der Waals surface area contributed by atoms with Gasteiger partial charge >= 0.3 is 0 Å². The SMILES string of the molecule is C=Nc1c(C(=NCc2ccncc2)OC)ccc(OC)c1CCC. The maximum atomic E-state index is 5.51. The lowest BCUT2D eigenvalue weighted by Crippen LogP contribution is -2.07. The number of rotatable bonds is 7. The molecular formula is C19H23N3O2. The predicted octanol–water partition coefficient (Wildman–Crippen LogP) is 3.97. The second-order valence-electron chi connectivity index (χ2n) is 5.23. The zero-order valence-corrected chi connectivity index (χ0v) is 14.5. The Balaban J connectivity index is 2.44. The molecule has 1 heterocycles. The van der Waals surface area contributed by atoms with Crippen molar-refractivity contribution in [1.82, 2.24) is 4.98 Å². The lowest BCUT2D eigenvalue weighted by molar-refractivity contribution is 0.401. The van der Waals surface area contributed by atoms with E-state index in [1.165, 1.54) is 0 Å². The number of ether oxygens (including phenoxy) is 2. The van der Waals surface area contributed by atoms with Gasteiger partial charge in [0.1, 0.15) is 5.75 Å². The first-order chi connectivity index (χ1) is 11.7. The van der Waals surface area contributed by atoms with Crippen LogP contribution < -0.4 is 4.74 Å². The van der Waals surface area contributed by atoms with Crippen LogP contribution in [0, 0.1) is 0 Å². The van der Waals surface area contributed by atoms with Crippen LogP contribution in [0.1, 0.15) is 30.0 Å². The summed E-state index contributed by atoms with van der Waals surface area (Å²) in [6.45, 7) is 6.35. The first-order valence-corrected chi connectivity index (χ1v) is 7.89. The van der Waals surface area contributed by atoms with Gasteiger partial charge in [0, 0.05) is 18.0 Å². The van der Waals surface area contributed by atoms with Crippen molar-refractivity contribution in [3.8, 4) is 5.75 Å². The van der Waals surface area contributed by atoms with Crippen LogP contribution in [0.4, 0.5) is 5.69 Å². The minimum absolute atomic E-state index is 0.511. The van der Waals surface area contributed by atoms with Crippen molar-refractivity contribution in [2.45, 2.75) is 26.3 Å². The van der Waals surface area contributed by atoms with Crippen molar-refractivity contribution in [2.24, 2.45) is 9.98 Å². The summed E-state index contributed by atoms with van der Waals surface area (Å²) in [5.74, 6) is 1.35. The van der Waals surface area contributed by atoms with E-state index in [-0.39, 0.29) is 0 Å². The quantitative estimate of drug-likeness (QED) is 0.572. The third kappa shape index (κ3) is 3.98. The van der Waals surface area contributed by atoms with Gasteiger partial charge in [0.05, 0.1) is 32.0 Å². The van der Waals surface area contributed by atoms with Crippen molar-refractivity contribution < 1.29 is 9.47 Å². The first-order valence-electron chi connectivity index (χ1n) is 7.89. The molecule has 2 aromatic rings. The van der Waals surface area contributed by atoms with Gasteiger partial charge in [0.15, 0.2) is 0 Å². The Morgan fingerprint density at radius 2 is 1.92 bits per heavy atom. The molecule has 0 bridgehead atoms. The summed E-state index contributed by atoms with van der Waals surface area (Å²) in [5, 5.41) is 0. The maximum absolute atomic E-state index is 5.51. The van der Waals surface area contributed by atoms with Crippen LogP contribution in [0.2, 0.25) is 0 Å². The normalized spacial score (nSPS) is 11.2. The van der Waals surface area contributed by atoms with Crippen molar-refractivity contribution in [3.05, 3.63) is 53.3 Å². The maximum Gasteiger partial charge on any atom is 0.218 e. The number of hydrogen-bond donors (Lipinski definition) is 0. The molecule has 0 aliphatic rings. The van der Waals surface area contributed by atoms with Crippen LogP contribution in [0.5, 0.6) is 5.75 Å². The fraction of sp³-hybridized carbons (Fsp3) is 0.316. The van der Waals surface area contributed by atoms with Gasteiger partial charge in [-0.2, -0.15) is 0 Å². The molecule has 1 aromatic carbocycles. The van der Waals surface area contributed by atoms with Crippen LogP contribution in [0.25, 0.3) is 0 Å². The number of nitrogens with zero attached hydrogens (tertiary/aromatic N) is 3. The topological polar surface area (TPSA) is 56.1 Å². The number of pyridine rings is 1. The second-order valence-corrected chi connectivity index (χ2v) is 5.23. The average Bonchev–Trinajstić information content (AvgIpc) is 2.63. The zero-order chi connectivity index (χ0) is 17.4. The largest absolute Gasteiger partial charge is 0.496 e. The first kappa shape index (κ1) is 17.7. The summed E-state index contributed by atoms with van der Waals surface area (Å²) in [6.07, 6.45) is 5.34. The Labute approximate surface area is 143 Å². The standard InChI is InChI=1S/C19H23N3O2/c1-5-6-15-17(23-3)8-7-16(18(15)20-2)19(24-4)22-13-14-9-11-21-12-10-14/h7-12H,2,5-6,13H2,1,3-4H3. The summed E-state index contributed by atoms with van der Waals surface area (Å²) in [5.41, 5.74) is 3.69. The molecule has 0 amide bonds. The van der Waals surface area contributed by atoms with Crippen molar-refractivity contribution >= 4 is 18.3 Å². The Morgan fingerprint density at radius 3 is 2.50 bits per heavy atom. The lowest BCUT2D eigenvalue weighted by Gasteiger charge is -2.15. The summed E-state index contributed by atoms with van der Waals surface area (Å²) in [7, 11) is 3.28. The van der Waals surface area contributed by atoms with Gasteiger partial charge in [-0.15, -0.1) is 0 Å². The van der Waals surface area contributed by atoms with Gasteiger partial charge in [0.2, 0.25) is 5.90 Å². The highest BCUT2D eigenvalue weighted by atomic mass is 16.5. The Kier molecular flexibility index (Phi) is 6.49. The molecule has 2 rings (SSSR count). The van der Waals surface area contributed by atoms with E-state index in [9.17, 15) is 0 Å². The van der Waals surface area contributed by atoms with E-state index in [1.807, 2.05) is 24.3 Å². The Bertz CT molecular complexity index is 712. The fourth-order valence-corrected chi connectivity index (χ4v) is 2.56. The van der Waals surface area contributed by atoms with Crippen LogP contribution >= 0.6 is 0 Å². The minimum Gasteiger partial charge on any atom is -0.496 e. The molecule has 0 radical (unpaired) electrons. The van der Waals surface area contributed by atoms with E-state index in [2.05, 4.69) is 28.6 Å². The van der Waals surface area contributed by atoms with Gasteiger partial charge in [-0.25, -0.2) is 4.99 Å². The highest BCUT2D eigenvalue weighted by Gasteiger charge is 2.17. The Morgan fingerprint density at radius 1 is 1.17 bits per heavy atom. The van der Waals surface area contributed by atoms with Crippen LogP contribution in [-0.4, -0.2) is 31.8 Å². The minimum atomic E-state index is 0.511. The van der Waals surface area contributed by atoms with Crippen molar-refractivity contribution in [1.29, 1.82) is 0 Å². The third-order valence-electron chi connectivity index (χ3n) is 3.70. The van der Waals surface area contributed by atoms with Gasteiger partial charge in [0.25, 0.3) is 0 Å². The van der Waals surface area contributed by atoms with Crippen LogP contribution in [0.3, 0.4) is 0 Å². The van der Waals surface area contributed by atoms with Gasteiger partial charge in [-0.1, -0.05) is 13.3 Å². The van der Waals surface area contributed by atoms with Crippen LogP contribution in [-0.2, 0) is 17.7 Å². The van der Waals surface area contributed by atoms with Gasteiger partial charge in [-0.05, 0) is 43.0 Å². The number of hydrogen-bond acceptors (Lipinski definition) is 5. The average molecular weight is 325 g/mol. The third-order valence-corrected chi connectivity index (χ3v) is 3.70. The molecule has 0 saturated heterocycles. The zero-order valence-electron chi connectivity index (χ0n) is 14.5. The van der Waals surface area contributed by atoms with Crippen molar-refractivity contribution in [2.75, 3.05) is 14.2 Å². The van der Waals surface area contributed by atoms with E-state index in [1.54, 1.807) is 26.6 Å². The van der Waals surface area contributed by atoms with E-state index in [0.717, 1.165) is 41.0 Å². The predicted molar refractivity (Wildman–Crippen MR) is 97.7 cm³/mol. The Hall–Kier alpha value is -2.69. The van der Waals surface area contributed by atoms with Gasteiger partial charge in [-0.3, -0.25) is 9.98 Å². The van der Waals surface area contributed by atoms with E-state index in [0.29, 0.717) is 12.4 Å². The second kappa shape index (κ2) is 8.82. The number of aliphatic imine (C=N–C) groups is 2. The lowest BCUT2D eigenvalue weighted by atomic mass is 10.0. The molecule has 0 unspecified atom stereocenters. The molecule has 0 atom stereocenters. The number of aromatic nitrogens is 1. The molecule has 0 fully saturated rings. The number of benzene rings is 1. The molecule has 5 heteroatoms. The van der Waals surface area contributed by atoms with E-state index >= 15 is 0 Å². The smallest absolute Gasteiger partial charge is 0.218 e. The van der Waals surface area contributed by atoms with Crippen LogP contribution in [0.15, 0.2) is 46.6 Å². The molecule has 126 valence electrons. The molecule has 0 N–H and O–H groups in total. The van der Waals surface area contributed by atoms with E-state index < -0.39 is 0 Å². The summed E-state index contributed by atoms with van der Waals surface area (Å²) < 4.78 is 11.0. The highest BCUT2D eigenvalue weighted by molar-refractivity contribution is 6.00. The van der Waals surface area contributed by atoms with Gasteiger partial charge < -0.3 is 9.47 Å². The van der Waals surface area contributed by atoms with E-state index in [4.69, 9.17) is 9.47 Å². The summed E-state index contributed by atoms with van der Waals surface area (Å²) >= 11 is 0. The molecule has 24 heavy (non-hydrogen) atoms. The monoisotopic (exact) mass is 325 g/mol. The molecular weight excluding hydrogens is 302 g/mol. The molecule has 0 saturated carbocycles. The summed E-state index contributed by atoms with van der Waals surface area (Å²) in [4.78, 5) is 12.8. The molecule has 1 aromatic heterocycles. The molecule has 0 aliphatic heterocycles. The van der Waals surface area contributed by atoms with Crippen molar-refractivity contribution in [3.63, 3.8) is 0 Å².